The fourth-order valence-corrected chi connectivity index (χ4v) is 3.00. The predicted octanol–water partition coefficient (Wildman–Crippen LogP) is 2.34. The highest BCUT2D eigenvalue weighted by molar-refractivity contribution is 7.20. The molecule has 0 aliphatic rings. The highest BCUT2D eigenvalue weighted by atomic mass is 32.1. The van der Waals surface area contributed by atoms with Crippen LogP contribution in [-0.4, -0.2) is 23.2 Å². The molecular formula is C11H14N2OS2. The number of aromatic nitrogens is 1. The lowest BCUT2D eigenvalue weighted by atomic mass is 10.4. The topological polar surface area (TPSA) is 45.1 Å². The van der Waals surface area contributed by atoms with E-state index in [1.807, 2.05) is 12.3 Å². The Balaban J connectivity index is 1.88. The van der Waals surface area contributed by atoms with E-state index in [-0.39, 0.29) is 6.61 Å². The lowest BCUT2D eigenvalue weighted by Gasteiger charge is -1.99. The third kappa shape index (κ3) is 3.12. The molecule has 0 atom stereocenters. The van der Waals surface area contributed by atoms with Gasteiger partial charge in [-0.3, -0.25) is 0 Å². The number of nitrogens with one attached hydrogen (secondary N) is 1. The molecular weight excluding hydrogens is 240 g/mol. The second kappa shape index (κ2) is 6.10. The summed E-state index contributed by atoms with van der Waals surface area (Å²) in [5, 5.41) is 15.1. The van der Waals surface area contributed by atoms with E-state index in [0.717, 1.165) is 24.5 Å². The summed E-state index contributed by atoms with van der Waals surface area (Å²) in [7, 11) is 0. The fraction of sp³-hybridized carbons (Fsp3) is 0.364. The smallest absolute Gasteiger partial charge is 0.133 e. The number of hydrogen-bond donors (Lipinski definition) is 2. The van der Waals surface area contributed by atoms with Crippen molar-refractivity contribution in [2.24, 2.45) is 0 Å². The van der Waals surface area contributed by atoms with Crippen LogP contribution in [0.1, 0.15) is 11.3 Å². The monoisotopic (exact) mass is 254 g/mol. The summed E-state index contributed by atoms with van der Waals surface area (Å²) >= 11 is 3.44. The predicted molar refractivity (Wildman–Crippen MR) is 68.8 cm³/mol. The molecule has 86 valence electrons. The molecule has 2 heterocycles. The van der Waals surface area contributed by atoms with E-state index < -0.39 is 0 Å². The van der Waals surface area contributed by atoms with Gasteiger partial charge in [0.05, 0.1) is 4.88 Å². The van der Waals surface area contributed by atoms with Crippen LogP contribution in [0, 0.1) is 0 Å². The lowest BCUT2D eigenvalue weighted by Crippen LogP contribution is -2.14. The lowest BCUT2D eigenvalue weighted by molar-refractivity contribution is 0.286. The van der Waals surface area contributed by atoms with Crippen LogP contribution in [0.5, 0.6) is 0 Å². The van der Waals surface area contributed by atoms with E-state index >= 15 is 0 Å². The van der Waals surface area contributed by atoms with Crippen molar-refractivity contribution in [2.75, 3.05) is 13.2 Å². The minimum atomic E-state index is 0.246. The summed E-state index contributed by atoms with van der Waals surface area (Å²) in [6.45, 7) is 1.93. The molecule has 0 saturated carbocycles. The van der Waals surface area contributed by atoms with Crippen LogP contribution in [0.4, 0.5) is 0 Å². The second-order valence-electron chi connectivity index (χ2n) is 3.36. The Hall–Kier alpha value is -0.750. The molecule has 0 amide bonds. The van der Waals surface area contributed by atoms with Crippen LogP contribution in [0.25, 0.3) is 9.88 Å². The van der Waals surface area contributed by atoms with Gasteiger partial charge < -0.3 is 10.4 Å². The second-order valence-corrected chi connectivity index (χ2v) is 5.43. The number of aliphatic hydroxyl groups is 1. The van der Waals surface area contributed by atoms with Crippen molar-refractivity contribution in [1.82, 2.24) is 10.3 Å². The van der Waals surface area contributed by atoms with Crippen LogP contribution >= 0.6 is 22.7 Å². The number of rotatable bonds is 6. The Kier molecular flexibility index (Phi) is 4.47. The average molecular weight is 254 g/mol. The molecule has 0 aromatic carbocycles. The van der Waals surface area contributed by atoms with E-state index in [1.165, 1.54) is 9.75 Å². The molecule has 2 aromatic rings. The Morgan fingerprint density at radius 2 is 2.38 bits per heavy atom. The van der Waals surface area contributed by atoms with Gasteiger partial charge in [0.2, 0.25) is 0 Å². The van der Waals surface area contributed by atoms with Crippen molar-refractivity contribution in [1.29, 1.82) is 0 Å². The molecule has 3 nitrogen and oxygen atoms in total. The van der Waals surface area contributed by atoms with Gasteiger partial charge in [0.15, 0.2) is 0 Å². The van der Waals surface area contributed by atoms with Crippen molar-refractivity contribution in [3.8, 4) is 9.88 Å². The van der Waals surface area contributed by atoms with Crippen molar-refractivity contribution in [3.05, 3.63) is 28.6 Å². The third-order valence-electron chi connectivity index (χ3n) is 2.10. The molecule has 0 aliphatic carbocycles. The van der Waals surface area contributed by atoms with Crippen LogP contribution in [0.3, 0.4) is 0 Å². The highest BCUT2D eigenvalue weighted by Gasteiger charge is 2.04. The molecule has 2 rings (SSSR count). The number of aliphatic hydroxyl groups excluding tert-OH is 1. The zero-order valence-corrected chi connectivity index (χ0v) is 10.5. The first-order chi connectivity index (χ1) is 7.90. The first-order valence-corrected chi connectivity index (χ1v) is 6.90. The van der Waals surface area contributed by atoms with Crippen LogP contribution in [-0.2, 0) is 6.54 Å². The summed E-state index contributed by atoms with van der Waals surface area (Å²) in [5.74, 6) is 0. The molecule has 5 heteroatoms. The van der Waals surface area contributed by atoms with Gasteiger partial charge in [-0.1, -0.05) is 6.07 Å². The Labute approximate surface area is 103 Å². The number of thiophene rings is 1. The number of hydrogen-bond acceptors (Lipinski definition) is 5. The summed E-state index contributed by atoms with van der Waals surface area (Å²) in [4.78, 5) is 6.86. The molecule has 0 unspecified atom stereocenters. The largest absolute Gasteiger partial charge is 0.396 e. The van der Waals surface area contributed by atoms with Gasteiger partial charge in [0.25, 0.3) is 0 Å². The van der Waals surface area contributed by atoms with E-state index in [2.05, 4.69) is 21.7 Å². The van der Waals surface area contributed by atoms with Gasteiger partial charge in [-0.05, 0) is 24.4 Å². The van der Waals surface area contributed by atoms with Crippen LogP contribution < -0.4 is 5.32 Å². The maximum atomic E-state index is 8.64. The van der Waals surface area contributed by atoms with Gasteiger partial charge in [-0.2, -0.15) is 0 Å². The van der Waals surface area contributed by atoms with Gasteiger partial charge in [0.1, 0.15) is 5.01 Å². The van der Waals surface area contributed by atoms with Gasteiger partial charge in [-0.25, -0.2) is 4.98 Å². The maximum Gasteiger partial charge on any atom is 0.133 e. The third-order valence-corrected chi connectivity index (χ3v) is 4.13. The zero-order valence-electron chi connectivity index (χ0n) is 8.85. The Bertz CT molecular complexity index is 411. The van der Waals surface area contributed by atoms with E-state index in [9.17, 15) is 0 Å². The molecule has 0 radical (unpaired) electrons. The first kappa shape index (κ1) is 11.7. The molecule has 0 spiro atoms. The molecule has 0 fully saturated rings. The van der Waals surface area contributed by atoms with E-state index in [1.54, 1.807) is 22.7 Å². The number of thiazole rings is 1. The SMILES string of the molecule is OCCCNCc1cnc(-c2cccs2)s1. The van der Waals surface area contributed by atoms with Crippen molar-refractivity contribution in [3.63, 3.8) is 0 Å². The highest BCUT2D eigenvalue weighted by Crippen LogP contribution is 2.28. The molecule has 0 aliphatic heterocycles. The summed E-state index contributed by atoms with van der Waals surface area (Å²) in [6, 6.07) is 4.13. The fourth-order valence-electron chi connectivity index (χ4n) is 1.32. The normalized spacial score (nSPS) is 10.8. The van der Waals surface area contributed by atoms with Crippen molar-refractivity contribution in [2.45, 2.75) is 13.0 Å². The summed E-state index contributed by atoms with van der Waals surface area (Å²) in [6.07, 6.45) is 2.72. The minimum Gasteiger partial charge on any atom is -0.396 e. The van der Waals surface area contributed by atoms with Crippen LogP contribution in [0.15, 0.2) is 23.7 Å². The average Bonchev–Trinajstić information content (AvgIpc) is 2.94. The minimum absolute atomic E-state index is 0.246. The Morgan fingerprint density at radius 3 is 3.12 bits per heavy atom. The quantitative estimate of drug-likeness (QED) is 0.778. The van der Waals surface area contributed by atoms with E-state index in [0.29, 0.717) is 0 Å². The van der Waals surface area contributed by atoms with Crippen molar-refractivity contribution >= 4 is 22.7 Å². The molecule has 0 saturated heterocycles. The zero-order chi connectivity index (χ0) is 11.2. The molecule has 2 N–H and O–H groups in total. The maximum absolute atomic E-state index is 8.64. The first-order valence-electron chi connectivity index (χ1n) is 5.20. The van der Waals surface area contributed by atoms with Crippen LogP contribution in [0.2, 0.25) is 0 Å². The van der Waals surface area contributed by atoms with Gasteiger partial charge >= 0.3 is 0 Å². The standard InChI is InChI=1S/C11H14N2OS2/c14-5-2-4-12-7-9-8-13-11(16-9)10-3-1-6-15-10/h1,3,6,8,12,14H,2,4-5,7H2. The van der Waals surface area contributed by atoms with Gasteiger partial charge in [0, 0.05) is 24.2 Å². The van der Waals surface area contributed by atoms with Crippen molar-refractivity contribution < 1.29 is 5.11 Å². The molecule has 2 aromatic heterocycles. The molecule has 16 heavy (non-hydrogen) atoms. The molecule has 0 bridgehead atoms. The summed E-state index contributed by atoms with van der Waals surface area (Å²) < 4.78 is 0. The van der Waals surface area contributed by atoms with Gasteiger partial charge in [-0.15, -0.1) is 22.7 Å². The Morgan fingerprint density at radius 1 is 1.44 bits per heavy atom. The number of nitrogens with zero attached hydrogens (tertiary/aromatic N) is 1. The summed E-state index contributed by atoms with van der Waals surface area (Å²) in [5.41, 5.74) is 0. The van der Waals surface area contributed by atoms with E-state index in [4.69, 9.17) is 5.11 Å².